The molecule has 12 aromatic rings. The van der Waals surface area contributed by atoms with Crippen molar-refractivity contribution < 1.29 is 27.0 Å². The van der Waals surface area contributed by atoms with Gasteiger partial charge in [0.15, 0.2) is 41.3 Å². The van der Waals surface area contributed by atoms with Crippen LogP contribution < -0.4 is 55.3 Å². The number of rotatable bonds is 26. The summed E-state index contributed by atoms with van der Waals surface area (Å²) in [5, 5.41) is 6.29. The topological polar surface area (TPSA) is 326 Å². The molecule has 0 aliphatic rings. The molecule has 0 heterocycles. The van der Waals surface area contributed by atoms with Crippen LogP contribution in [0.15, 0.2) is 304 Å². The molecular formula is C90H80Br2Cl6F4N16O2S8. The lowest BCUT2D eigenvalue weighted by Gasteiger charge is -2.11. The Morgan fingerprint density at radius 1 is 0.250 bits per heavy atom. The van der Waals surface area contributed by atoms with Gasteiger partial charge in [-0.15, -0.1) is 0 Å². The summed E-state index contributed by atoms with van der Waals surface area (Å²) in [5.74, 6) is 4.42. The molecule has 664 valence electrons. The number of amidine groups is 8. The molecule has 12 rings (SSSR count). The molecule has 0 fully saturated rings. The van der Waals surface area contributed by atoms with Crippen LogP contribution in [0.3, 0.4) is 0 Å². The summed E-state index contributed by atoms with van der Waals surface area (Å²) in [7, 11) is 3.24. The van der Waals surface area contributed by atoms with E-state index in [1.807, 2.05) is 146 Å². The predicted molar refractivity (Wildman–Crippen MR) is 556 cm³/mol. The third-order valence-corrected chi connectivity index (χ3v) is 26.5. The number of benzene rings is 12. The van der Waals surface area contributed by atoms with Crippen molar-refractivity contribution >= 4 is 282 Å². The highest BCUT2D eigenvalue weighted by Crippen LogP contribution is 2.36. The van der Waals surface area contributed by atoms with E-state index < -0.39 is 0 Å². The lowest BCUT2D eigenvalue weighted by Crippen LogP contribution is -2.08. The number of aliphatic imine (C=N–C) groups is 8. The van der Waals surface area contributed by atoms with Gasteiger partial charge in [0.2, 0.25) is 0 Å². The molecule has 0 atom stereocenters. The smallest absolute Gasteiger partial charge is 0.159 e. The van der Waals surface area contributed by atoms with Crippen LogP contribution in [0, 0.1) is 23.3 Å². The Bertz CT molecular complexity index is 5620. The Morgan fingerprint density at radius 2 is 0.453 bits per heavy atom. The second-order valence-electron chi connectivity index (χ2n) is 26.1. The number of nitrogens with two attached hydrogens (primary N) is 8. The van der Waals surface area contributed by atoms with Crippen LogP contribution in [0.5, 0.6) is 11.5 Å². The lowest BCUT2D eigenvalue weighted by atomic mass is 10.1. The first kappa shape index (κ1) is 103. The van der Waals surface area contributed by atoms with Gasteiger partial charge in [-0.05, 0) is 275 Å². The van der Waals surface area contributed by atoms with Gasteiger partial charge in [-0.1, -0.05) is 220 Å². The molecule has 0 saturated heterocycles. The summed E-state index contributed by atoms with van der Waals surface area (Å²) in [6, 6.07) is 72.2. The number of thioether (sulfide) groups is 8. The number of halogens is 12. The van der Waals surface area contributed by atoms with E-state index in [9.17, 15) is 17.6 Å². The average molecular weight is 2120 g/mol. The van der Waals surface area contributed by atoms with Crippen LogP contribution in [0.25, 0.3) is 0 Å². The lowest BCUT2D eigenvalue weighted by molar-refractivity contribution is 0.415. The zero-order valence-corrected chi connectivity index (χ0v) is 82.0. The molecule has 0 aromatic heterocycles. The first-order chi connectivity index (χ1) is 61.4. The normalized spacial score (nSPS) is 12.2. The molecule has 12 aromatic carbocycles. The van der Waals surface area contributed by atoms with Gasteiger partial charge in [-0.3, -0.25) is 0 Å². The summed E-state index contributed by atoms with van der Waals surface area (Å²) in [4.78, 5) is 34.9. The zero-order chi connectivity index (χ0) is 92.0. The Morgan fingerprint density at radius 3 is 0.688 bits per heavy atom. The van der Waals surface area contributed by atoms with Crippen molar-refractivity contribution in [1.29, 1.82) is 0 Å². The maximum absolute atomic E-state index is 13.8. The number of nitrogens with zero attached hydrogens (tertiary/aromatic N) is 8. The van der Waals surface area contributed by atoms with Crippen molar-refractivity contribution in [2.75, 3.05) is 14.2 Å². The molecule has 0 bridgehead atoms. The van der Waals surface area contributed by atoms with Crippen molar-refractivity contribution in [2.24, 2.45) is 85.8 Å². The second-order valence-corrected chi connectivity index (χ2v) is 38.4. The number of hydrogen-bond donors (Lipinski definition) is 8. The van der Waals surface area contributed by atoms with E-state index in [1.165, 1.54) is 167 Å². The Kier molecular flexibility index (Phi) is 43.5. The van der Waals surface area contributed by atoms with Crippen molar-refractivity contribution in [3.8, 4) is 11.5 Å². The van der Waals surface area contributed by atoms with Crippen molar-refractivity contribution in [3.63, 3.8) is 0 Å². The maximum Gasteiger partial charge on any atom is 0.159 e. The van der Waals surface area contributed by atoms with Crippen LogP contribution in [0.1, 0.15) is 44.5 Å². The van der Waals surface area contributed by atoms with Crippen molar-refractivity contribution in [1.82, 2.24) is 0 Å². The van der Waals surface area contributed by atoms with Crippen LogP contribution in [-0.4, -0.2) is 55.6 Å². The fourth-order valence-electron chi connectivity index (χ4n) is 10.5. The van der Waals surface area contributed by atoms with Gasteiger partial charge in [-0.25, -0.2) is 57.5 Å². The minimum atomic E-state index is -0.355. The zero-order valence-electron chi connectivity index (χ0n) is 67.7. The fraction of sp³-hybridized carbons (Fsp3) is 0.111. The SMILES string of the molecule is COc1ccc(N=C(N)SCc2cc(Cl)c(Cl)cc2CSC(N)=Nc2ccc(OC)cc2)cc1.NC(=Nc1ccc(Br)cc1)SCc1ccc(F)cc1CSC(N)=Nc1ccc(Br)cc1.NC(=Nc1ccc(F)cc1)SCc1ccc(F)cc1CSC(N)=Nc1ccc(F)cc1.NC(=Nc1cccc(Cl)c1)SCc1cc(Cl)c(Cl)cc1CSC(N)=Nc1cccc(Cl)c1. The third kappa shape index (κ3) is 37.6. The second kappa shape index (κ2) is 54.1. The highest BCUT2D eigenvalue weighted by molar-refractivity contribution is 9.10. The number of hydrogen-bond acceptors (Lipinski definition) is 18. The van der Waals surface area contributed by atoms with Crippen LogP contribution >= 0.6 is 196 Å². The van der Waals surface area contributed by atoms with E-state index in [2.05, 4.69) is 71.8 Å². The summed E-state index contributed by atoms with van der Waals surface area (Å²) in [6.45, 7) is 0. The van der Waals surface area contributed by atoms with Gasteiger partial charge in [-0.2, -0.15) is 0 Å². The van der Waals surface area contributed by atoms with Crippen molar-refractivity contribution in [2.45, 2.75) is 46.0 Å². The molecule has 0 aliphatic heterocycles. The standard InChI is InChI=1S/C24H24Cl2N4O2S2.C22H19Br2FN4S2.C22H18Cl4N4S2.C22H19F3N4S2/c1-31-19-7-3-17(4-8-19)29-23(27)33-13-15-11-21(25)22(26)12-16(15)14-34-24(28)30-18-5-9-20(32-2)10-6-18;23-16-2-7-19(8-3-16)28-21(26)30-12-14-1-6-18(25)11-15(14)13-31-22(27)29-20-9-4-17(24)5-10-20;23-15-3-1-5-17(9-15)29-21(27)31-11-13-7-19(25)20(26)8-14(13)12-32-22(28)30-18-6-2-4-16(24)10-18;23-16-3-7-19(8-4-16)28-21(26)30-12-14-1-2-18(25)11-15(14)13-31-22(27)29-20-9-5-17(24)6-10-20/h3-12H,13-14H2,1-2H3,(H2,27,29)(H2,28,30);1-11H,12-13H2,(H2,26,28)(H2,27,29);1-10H,11-12H2,(H2,27,29)(H2,28,30);1-11H,12-13H2,(H2,26,28)(H2,27,29). The monoisotopic (exact) mass is 2120 g/mol. The van der Waals surface area contributed by atoms with Gasteiger partial charge in [0, 0.05) is 65.0 Å². The molecule has 16 N–H and O–H groups in total. The minimum Gasteiger partial charge on any atom is -0.497 e. The molecule has 128 heavy (non-hydrogen) atoms. The summed E-state index contributed by atoms with van der Waals surface area (Å²) in [5.41, 5.74) is 61.4. The quantitative estimate of drug-likeness (QED) is 0.0142. The molecular weight excluding hydrogens is 2040 g/mol. The molecule has 0 unspecified atom stereocenters. The number of methoxy groups -OCH3 is 2. The van der Waals surface area contributed by atoms with E-state index in [1.54, 1.807) is 50.6 Å². The van der Waals surface area contributed by atoms with E-state index in [4.69, 9.17) is 125 Å². The summed E-state index contributed by atoms with van der Waals surface area (Å²) >= 11 is 54.8. The predicted octanol–water partition coefficient (Wildman–Crippen LogP) is 27.8. The maximum atomic E-state index is 13.8. The van der Waals surface area contributed by atoms with Gasteiger partial charge in [0.1, 0.15) is 34.8 Å². The van der Waals surface area contributed by atoms with Gasteiger partial charge in [0.05, 0.1) is 79.8 Å². The van der Waals surface area contributed by atoms with Gasteiger partial charge < -0.3 is 55.3 Å². The molecule has 0 amide bonds. The van der Waals surface area contributed by atoms with Gasteiger partial charge >= 0.3 is 0 Å². The average Bonchev–Trinajstić information content (AvgIpc) is 1.01. The molecule has 0 saturated carbocycles. The van der Waals surface area contributed by atoms with Crippen LogP contribution in [0.4, 0.5) is 63.1 Å². The number of ether oxygens (including phenoxy) is 2. The molecule has 18 nitrogen and oxygen atoms in total. The minimum absolute atomic E-state index is 0.284. The fourth-order valence-corrected chi connectivity index (χ4v) is 18.1. The summed E-state index contributed by atoms with van der Waals surface area (Å²) in [6.07, 6.45) is 0. The van der Waals surface area contributed by atoms with Crippen molar-refractivity contribution in [3.05, 3.63) is 362 Å². The Hall–Kier alpha value is -8.78. The molecule has 0 spiro atoms. The van der Waals surface area contributed by atoms with Crippen LogP contribution in [-0.2, 0) is 46.0 Å². The van der Waals surface area contributed by atoms with E-state index >= 15 is 0 Å². The first-order valence-electron chi connectivity index (χ1n) is 37.5. The van der Waals surface area contributed by atoms with E-state index in [0.717, 1.165) is 87.7 Å². The third-order valence-electron chi connectivity index (χ3n) is 16.8. The highest BCUT2D eigenvalue weighted by atomic mass is 79.9. The molecule has 38 heteroatoms. The largest absolute Gasteiger partial charge is 0.497 e. The summed E-state index contributed by atoms with van der Waals surface area (Å²) < 4.78 is 65.9. The Balaban J connectivity index is 0.000000193. The van der Waals surface area contributed by atoms with Gasteiger partial charge in [0.25, 0.3) is 0 Å². The molecule has 0 aliphatic carbocycles. The molecule has 0 radical (unpaired) electrons. The van der Waals surface area contributed by atoms with E-state index in [-0.39, 0.29) is 28.4 Å². The first-order valence-corrected chi connectivity index (χ1v) is 49.2. The Labute approximate surface area is 820 Å². The van der Waals surface area contributed by atoms with Crippen LogP contribution in [0.2, 0.25) is 30.1 Å². The van der Waals surface area contributed by atoms with E-state index in [0.29, 0.717) is 135 Å². The highest BCUT2D eigenvalue weighted by Gasteiger charge is 2.16.